The minimum Gasteiger partial charge on any atom is -0.384 e. The average molecular weight is 212 g/mol. The molecule has 0 aliphatic heterocycles. The molecular weight excluding hydrogens is 197 g/mol. The van der Waals surface area contributed by atoms with Gasteiger partial charge in [-0.3, -0.25) is 0 Å². The van der Waals surface area contributed by atoms with E-state index in [4.69, 9.17) is 27.9 Å². The second-order valence-electron chi connectivity index (χ2n) is 2.75. The molecule has 2 nitrogen and oxygen atoms in total. The highest BCUT2D eigenvalue weighted by atomic mass is 35.5. The Hall–Kier alpha value is 0.240. The van der Waals surface area contributed by atoms with E-state index < -0.39 is 0 Å². The normalized spacial score (nSPS) is 14.8. The molecule has 1 atom stereocenters. The summed E-state index contributed by atoms with van der Waals surface area (Å²) in [6.45, 7) is 4.37. The number of rotatable bonds is 6. The van der Waals surface area contributed by atoms with E-state index in [0.29, 0.717) is 17.5 Å². The van der Waals surface area contributed by atoms with Crippen LogP contribution in [0.2, 0.25) is 0 Å². The zero-order valence-corrected chi connectivity index (χ0v) is 8.95. The molecule has 0 bridgehead atoms. The molecule has 0 rings (SSSR count). The molecule has 0 aromatic carbocycles. The van der Waals surface area contributed by atoms with Gasteiger partial charge in [0.05, 0.1) is 0 Å². The van der Waals surface area contributed by atoms with Gasteiger partial charge in [-0.05, 0) is 5.92 Å². The van der Waals surface area contributed by atoms with Crippen LogP contribution < -0.4 is 5.32 Å². The molecule has 12 heavy (non-hydrogen) atoms. The van der Waals surface area contributed by atoms with Gasteiger partial charge in [-0.25, -0.2) is 0 Å². The van der Waals surface area contributed by atoms with Crippen molar-refractivity contribution in [1.29, 1.82) is 0 Å². The van der Waals surface area contributed by atoms with Crippen LogP contribution in [0.1, 0.15) is 6.92 Å². The van der Waals surface area contributed by atoms with Crippen molar-refractivity contribution in [2.24, 2.45) is 5.92 Å². The number of hydrogen-bond acceptors (Lipinski definition) is 2. The molecule has 0 saturated heterocycles. The SMILES string of the molecule is COCC(C)CNCC(Cl)=CCl. The Morgan fingerprint density at radius 2 is 2.33 bits per heavy atom. The van der Waals surface area contributed by atoms with Gasteiger partial charge < -0.3 is 10.1 Å². The van der Waals surface area contributed by atoms with Crippen molar-refractivity contribution < 1.29 is 4.74 Å². The summed E-state index contributed by atoms with van der Waals surface area (Å²) in [5.74, 6) is 0.495. The lowest BCUT2D eigenvalue weighted by Gasteiger charge is -2.10. The lowest BCUT2D eigenvalue weighted by atomic mass is 10.2. The van der Waals surface area contributed by atoms with Crippen molar-refractivity contribution in [1.82, 2.24) is 5.32 Å². The largest absolute Gasteiger partial charge is 0.384 e. The summed E-state index contributed by atoms with van der Waals surface area (Å²) < 4.78 is 4.97. The fraction of sp³-hybridized carbons (Fsp3) is 0.750. The van der Waals surface area contributed by atoms with E-state index in [-0.39, 0.29) is 0 Å². The van der Waals surface area contributed by atoms with Gasteiger partial charge in [-0.2, -0.15) is 0 Å². The van der Waals surface area contributed by atoms with E-state index in [9.17, 15) is 0 Å². The monoisotopic (exact) mass is 211 g/mol. The third-order valence-corrected chi connectivity index (χ3v) is 1.97. The molecule has 72 valence electrons. The molecule has 0 heterocycles. The predicted molar refractivity (Wildman–Crippen MR) is 53.7 cm³/mol. The summed E-state index contributed by atoms with van der Waals surface area (Å²) in [6, 6.07) is 0. The first-order chi connectivity index (χ1) is 5.70. The van der Waals surface area contributed by atoms with Crippen molar-refractivity contribution in [3.05, 3.63) is 10.6 Å². The van der Waals surface area contributed by atoms with Crippen LogP contribution in [0.25, 0.3) is 0 Å². The van der Waals surface area contributed by atoms with Gasteiger partial charge in [-0.15, -0.1) is 0 Å². The maximum Gasteiger partial charge on any atom is 0.0499 e. The summed E-state index contributed by atoms with van der Waals surface area (Å²) >= 11 is 11.0. The van der Waals surface area contributed by atoms with Gasteiger partial charge in [-0.1, -0.05) is 30.1 Å². The van der Waals surface area contributed by atoms with Gasteiger partial charge in [0.2, 0.25) is 0 Å². The Labute approximate surface area is 83.9 Å². The van der Waals surface area contributed by atoms with Crippen molar-refractivity contribution in [2.75, 3.05) is 26.8 Å². The van der Waals surface area contributed by atoms with Gasteiger partial charge in [0.25, 0.3) is 0 Å². The zero-order chi connectivity index (χ0) is 9.40. The number of ether oxygens (including phenoxy) is 1. The zero-order valence-electron chi connectivity index (χ0n) is 7.44. The van der Waals surface area contributed by atoms with Crippen molar-refractivity contribution in [3.8, 4) is 0 Å². The van der Waals surface area contributed by atoms with Crippen molar-refractivity contribution >= 4 is 23.2 Å². The summed E-state index contributed by atoms with van der Waals surface area (Å²) in [5.41, 5.74) is 1.37. The minimum absolute atomic E-state index is 0.495. The third-order valence-electron chi connectivity index (χ3n) is 1.36. The number of methoxy groups -OCH3 is 1. The van der Waals surface area contributed by atoms with E-state index in [1.54, 1.807) is 7.11 Å². The van der Waals surface area contributed by atoms with E-state index in [1.807, 2.05) is 0 Å². The molecule has 0 saturated carbocycles. The van der Waals surface area contributed by atoms with Crippen molar-refractivity contribution in [2.45, 2.75) is 6.92 Å². The second-order valence-corrected chi connectivity index (χ2v) is 3.45. The van der Waals surface area contributed by atoms with Crippen molar-refractivity contribution in [3.63, 3.8) is 0 Å². The maximum absolute atomic E-state index is 5.66. The van der Waals surface area contributed by atoms with E-state index in [0.717, 1.165) is 13.2 Å². The number of nitrogens with one attached hydrogen (secondary N) is 1. The molecule has 4 heteroatoms. The third kappa shape index (κ3) is 6.92. The van der Waals surface area contributed by atoms with E-state index >= 15 is 0 Å². The summed E-state index contributed by atoms with van der Waals surface area (Å²) in [7, 11) is 1.70. The van der Waals surface area contributed by atoms with Gasteiger partial charge in [0.15, 0.2) is 0 Å². The van der Waals surface area contributed by atoms with Crippen LogP contribution >= 0.6 is 23.2 Å². The average Bonchev–Trinajstić information content (AvgIpc) is 2.04. The van der Waals surface area contributed by atoms with E-state index in [1.165, 1.54) is 5.54 Å². The Kier molecular flexibility index (Phi) is 8.02. The maximum atomic E-state index is 5.66. The molecule has 1 N–H and O–H groups in total. The molecule has 0 aromatic rings. The molecule has 0 amide bonds. The summed E-state index contributed by atoms with van der Waals surface area (Å²) in [4.78, 5) is 0. The van der Waals surface area contributed by atoms with Crippen LogP contribution in [0.4, 0.5) is 0 Å². The lowest BCUT2D eigenvalue weighted by molar-refractivity contribution is 0.159. The standard InChI is InChI=1S/C8H15Cl2NO/c1-7(6-12-2)4-11-5-8(10)3-9/h3,7,11H,4-6H2,1-2H3. The highest BCUT2D eigenvalue weighted by Crippen LogP contribution is 2.01. The molecule has 0 aromatic heterocycles. The number of hydrogen-bond donors (Lipinski definition) is 1. The molecular formula is C8H15Cl2NO. The summed E-state index contributed by atoms with van der Waals surface area (Å²) in [5, 5.41) is 3.78. The van der Waals surface area contributed by atoms with Crippen LogP contribution in [0.15, 0.2) is 10.6 Å². The molecule has 0 radical (unpaired) electrons. The Balaban J connectivity index is 3.30. The Morgan fingerprint density at radius 3 is 2.83 bits per heavy atom. The quantitative estimate of drug-likeness (QED) is 0.728. The Morgan fingerprint density at radius 1 is 1.67 bits per heavy atom. The highest BCUT2D eigenvalue weighted by molar-refractivity contribution is 6.36. The minimum atomic E-state index is 0.495. The van der Waals surface area contributed by atoms with Gasteiger partial charge in [0, 0.05) is 37.4 Å². The molecule has 1 unspecified atom stereocenters. The van der Waals surface area contributed by atoms with Crippen LogP contribution in [-0.4, -0.2) is 26.8 Å². The Bertz CT molecular complexity index is 139. The fourth-order valence-electron chi connectivity index (χ4n) is 0.820. The fourth-order valence-corrected chi connectivity index (χ4v) is 0.992. The first-order valence-corrected chi connectivity index (χ1v) is 4.66. The van der Waals surface area contributed by atoms with E-state index in [2.05, 4.69) is 12.2 Å². The van der Waals surface area contributed by atoms with Gasteiger partial charge >= 0.3 is 0 Å². The van der Waals surface area contributed by atoms with Crippen LogP contribution in [-0.2, 0) is 4.74 Å². The van der Waals surface area contributed by atoms with Crippen LogP contribution in [0.3, 0.4) is 0 Å². The predicted octanol–water partition coefficient (Wildman–Crippen LogP) is 2.18. The highest BCUT2D eigenvalue weighted by Gasteiger charge is 2.00. The molecule has 0 aliphatic rings. The number of halogens is 2. The summed E-state index contributed by atoms with van der Waals surface area (Å²) in [6.07, 6.45) is 0. The second kappa shape index (κ2) is 7.87. The smallest absolute Gasteiger partial charge is 0.0499 e. The van der Waals surface area contributed by atoms with Crippen LogP contribution in [0, 0.1) is 5.92 Å². The lowest BCUT2D eigenvalue weighted by Crippen LogP contribution is -2.24. The molecule has 0 aliphatic carbocycles. The molecule has 0 fully saturated rings. The first-order valence-electron chi connectivity index (χ1n) is 3.85. The van der Waals surface area contributed by atoms with Gasteiger partial charge in [0.1, 0.15) is 0 Å². The van der Waals surface area contributed by atoms with Crippen LogP contribution in [0.5, 0.6) is 0 Å². The first kappa shape index (κ1) is 12.2. The molecule has 0 spiro atoms. The topological polar surface area (TPSA) is 21.3 Å².